The summed E-state index contributed by atoms with van der Waals surface area (Å²) in [6.45, 7) is 0. The van der Waals surface area contributed by atoms with Gasteiger partial charge in [-0.25, -0.2) is 9.48 Å². The van der Waals surface area contributed by atoms with E-state index in [9.17, 15) is 4.79 Å². The minimum atomic E-state index is -0.543. The molecule has 0 N–H and O–H groups in total. The van der Waals surface area contributed by atoms with Crippen molar-refractivity contribution in [1.82, 2.24) is 9.78 Å². The van der Waals surface area contributed by atoms with Crippen LogP contribution in [0.25, 0.3) is 10.9 Å². The lowest BCUT2D eigenvalue weighted by molar-refractivity contribution is -0.144. The van der Waals surface area contributed by atoms with Crippen LogP contribution in [0.1, 0.15) is 30.1 Å². The van der Waals surface area contributed by atoms with Crippen molar-refractivity contribution >= 4 is 16.9 Å². The van der Waals surface area contributed by atoms with E-state index >= 15 is 0 Å². The maximum Gasteiger partial charge on any atom is 0.331 e. The van der Waals surface area contributed by atoms with Crippen LogP contribution in [0.15, 0.2) is 54.6 Å². The molecule has 1 unspecified atom stereocenters. The molecule has 0 radical (unpaired) electrons. The largest absolute Gasteiger partial charge is 0.467 e. The van der Waals surface area contributed by atoms with Crippen LogP contribution < -0.4 is 0 Å². The van der Waals surface area contributed by atoms with Gasteiger partial charge in [-0.05, 0) is 36.5 Å². The maximum atomic E-state index is 12.6. The van der Waals surface area contributed by atoms with Crippen LogP contribution in [0.5, 0.6) is 0 Å². The number of esters is 1. The van der Waals surface area contributed by atoms with Gasteiger partial charge in [0, 0.05) is 17.7 Å². The zero-order chi connectivity index (χ0) is 17.9. The Hall–Kier alpha value is -3.06. The molecule has 1 atom stereocenters. The Balaban J connectivity index is 1.81. The van der Waals surface area contributed by atoms with Gasteiger partial charge in [-0.15, -0.1) is 0 Å². The molecule has 130 valence electrons. The molecule has 26 heavy (non-hydrogen) atoms. The highest BCUT2D eigenvalue weighted by atomic mass is 16.5. The van der Waals surface area contributed by atoms with Gasteiger partial charge in [-0.2, -0.15) is 5.10 Å². The van der Waals surface area contributed by atoms with Crippen molar-refractivity contribution in [2.75, 3.05) is 7.11 Å². The van der Waals surface area contributed by atoms with Gasteiger partial charge in [-0.1, -0.05) is 48.4 Å². The number of hydrogen-bond acceptors (Lipinski definition) is 3. The smallest absolute Gasteiger partial charge is 0.331 e. The summed E-state index contributed by atoms with van der Waals surface area (Å²) in [6, 6.07) is 17.3. The number of rotatable bonds is 4. The lowest BCUT2D eigenvalue weighted by Crippen LogP contribution is -2.25. The third kappa shape index (κ3) is 3.34. The predicted octanol–water partition coefficient (Wildman–Crippen LogP) is 3.75. The lowest BCUT2D eigenvalue weighted by atomic mass is 10.1. The van der Waals surface area contributed by atoms with E-state index in [2.05, 4.69) is 16.9 Å². The van der Waals surface area contributed by atoms with Crippen molar-refractivity contribution in [2.24, 2.45) is 5.92 Å². The van der Waals surface area contributed by atoms with Gasteiger partial charge in [0.1, 0.15) is 5.69 Å². The Morgan fingerprint density at radius 1 is 1.19 bits per heavy atom. The first kappa shape index (κ1) is 16.4. The SMILES string of the molecule is COC(=O)C(Cc1ccccc1)n1nc2ccccc2c1C#CC1CC1. The molecule has 1 fully saturated rings. The normalized spacial score (nSPS) is 14.5. The van der Waals surface area contributed by atoms with Gasteiger partial charge in [-0.3, -0.25) is 0 Å². The highest BCUT2D eigenvalue weighted by molar-refractivity contribution is 5.85. The van der Waals surface area contributed by atoms with Crippen molar-refractivity contribution in [3.63, 3.8) is 0 Å². The summed E-state index contributed by atoms with van der Waals surface area (Å²) >= 11 is 0. The summed E-state index contributed by atoms with van der Waals surface area (Å²) in [7, 11) is 1.42. The van der Waals surface area contributed by atoms with Crippen LogP contribution in [-0.2, 0) is 16.0 Å². The van der Waals surface area contributed by atoms with Gasteiger partial charge < -0.3 is 4.74 Å². The number of carbonyl (C=O) groups excluding carboxylic acids is 1. The lowest BCUT2D eigenvalue weighted by Gasteiger charge is -2.16. The predicted molar refractivity (Wildman–Crippen MR) is 101 cm³/mol. The number of aromatic nitrogens is 2. The Kier molecular flexibility index (Phi) is 4.45. The molecule has 1 aliphatic rings. The van der Waals surface area contributed by atoms with E-state index in [-0.39, 0.29) is 5.97 Å². The zero-order valence-corrected chi connectivity index (χ0v) is 14.7. The number of fused-ring (bicyclic) bond motifs is 1. The molecule has 2 aromatic carbocycles. The van der Waals surface area contributed by atoms with Crippen LogP contribution in [0, 0.1) is 17.8 Å². The first-order valence-corrected chi connectivity index (χ1v) is 8.87. The minimum absolute atomic E-state index is 0.309. The van der Waals surface area contributed by atoms with E-state index in [0.29, 0.717) is 12.3 Å². The van der Waals surface area contributed by atoms with Crippen molar-refractivity contribution in [2.45, 2.75) is 25.3 Å². The summed E-state index contributed by atoms with van der Waals surface area (Å²) < 4.78 is 6.83. The molecule has 0 aliphatic heterocycles. The number of carbonyl (C=O) groups is 1. The van der Waals surface area contributed by atoms with Crippen molar-refractivity contribution in [3.8, 4) is 11.8 Å². The van der Waals surface area contributed by atoms with Crippen molar-refractivity contribution in [1.29, 1.82) is 0 Å². The number of nitrogens with zero attached hydrogens (tertiary/aromatic N) is 2. The molecule has 3 aromatic rings. The van der Waals surface area contributed by atoms with Gasteiger partial charge in [0.05, 0.1) is 12.6 Å². The molecule has 1 aromatic heterocycles. The van der Waals surface area contributed by atoms with Crippen molar-refractivity contribution < 1.29 is 9.53 Å². The number of methoxy groups -OCH3 is 1. The fourth-order valence-corrected chi connectivity index (χ4v) is 3.04. The second-order valence-corrected chi connectivity index (χ2v) is 6.58. The Morgan fingerprint density at radius 3 is 2.65 bits per heavy atom. The first-order valence-electron chi connectivity index (χ1n) is 8.87. The molecule has 4 rings (SSSR count). The van der Waals surface area contributed by atoms with Crippen LogP contribution in [0.2, 0.25) is 0 Å². The van der Waals surface area contributed by atoms with Gasteiger partial charge in [0.2, 0.25) is 0 Å². The summed E-state index contributed by atoms with van der Waals surface area (Å²) in [6.07, 6.45) is 2.83. The molecule has 1 heterocycles. The van der Waals surface area contributed by atoms with E-state index in [1.165, 1.54) is 7.11 Å². The molecule has 1 aliphatic carbocycles. The molecule has 0 bridgehead atoms. The standard InChI is InChI=1S/C22H20N2O2/c1-26-22(25)21(15-17-7-3-2-4-8-17)24-20(14-13-16-11-12-16)18-9-5-6-10-19(18)23-24/h2-10,16,21H,11-12,15H2,1H3. The zero-order valence-electron chi connectivity index (χ0n) is 14.7. The van der Waals surface area contributed by atoms with Gasteiger partial charge >= 0.3 is 5.97 Å². The number of hydrogen-bond donors (Lipinski definition) is 0. The third-order valence-corrected chi connectivity index (χ3v) is 4.62. The number of ether oxygens (including phenoxy) is 1. The molecular weight excluding hydrogens is 324 g/mol. The number of benzene rings is 2. The Labute approximate surface area is 152 Å². The van der Waals surface area contributed by atoms with E-state index < -0.39 is 6.04 Å². The Bertz CT molecular complexity index is 991. The molecule has 0 saturated heterocycles. The molecule has 1 saturated carbocycles. The quantitative estimate of drug-likeness (QED) is 0.535. The van der Waals surface area contributed by atoms with Crippen LogP contribution >= 0.6 is 0 Å². The third-order valence-electron chi connectivity index (χ3n) is 4.62. The van der Waals surface area contributed by atoms with Gasteiger partial charge in [0.25, 0.3) is 0 Å². The van der Waals surface area contributed by atoms with E-state index in [1.807, 2.05) is 54.6 Å². The van der Waals surface area contributed by atoms with Crippen LogP contribution in [0.4, 0.5) is 0 Å². The molecular formula is C22H20N2O2. The van der Waals surface area contributed by atoms with Crippen LogP contribution in [0.3, 0.4) is 0 Å². The average molecular weight is 344 g/mol. The topological polar surface area (TPSA) is 44.1 Å². The summed E-state index contributed by atoms with van der Waals surface area (Å²) in [5, 5.41) is 5.66. The van der Waals surface area contributed by atoms with Crippen LogP contribution in [-0.4, -0.2) is 22.9 Å². The molecule has 0 spiro atoms. The second-order valence-electron chi connectivity index (χ2n) is 6.58. The highest BCUT2D eigenvalue weighted by Crippen LogP contribution is 2.29. The Morgan fingerprint density at radius 2 is 1.92 bits per heavy atom. The van der Waals surface area contributed by atoms with E-state index in [1.54, 1.807) is 4.68 Å². The molecule has 0 amide bonds. The van der Waals surface area contributed by atoms with E-state index in [4.69, 9.17) is 4.74 Å². The second kappa shape index (κ2) is 7.05. The molecule has 4 heteroatoms. The summed E-state index contributed by atoms with van der Waals surface area (Å²) in [4.78, 5) is 12.6. The maximum absolute atomic E-state index is 12.6. The highest BCUT2D eigenvalue weighted by Gasteiger charge is 2.26. The summed E-state index contributed by atoms with van der Waals surface area (Å²) in [5.74, 6) is 6.76. The van der Waals surface area contributed by atoms with Gasteiger partial charge in [0.15, 0.2) is 6.04 Å². The molecule has 4 nitrogen and oxygen atoms in total. The average Bonchev–Trinajstić information content (AvgIpc) is 3.44. The minimum Gasteiger partial charge on any atom is -0.467 e. The monoisotopic (exact) mass is 344 g/mol. The van der Waals surface area contributed by atoms with E-state index in [0.717, 1.165) is 35.0 Å². The summed E-state index contributed by atoms with van der Waals surface area (Å²) in [5.41, 5.74) is 2.69. The fourth-order valence-electron chi connectivity index (χ4n) is 3.04. The fraction of sp³-hybridized carbons (Fsp3) is 0.273. The first-order chi connectivity index (χ1) is 12.8. The van der Waals surface area contributed by atoms with Crippen molar-refractivity contribution in [3.05, 3.63) is 65.9 Å².